The van der Waals surface area contributed by atoms with Crippen LogP contribution in [0.3, 0.4) is 0 Å². The summed E-state index contributed by atoms with van der Waals surface area (Å²) < 4.78 is 13.3. The first-order valence-corrected chi connectivity index (χ1v) is 5.47. The molecule has 0 saturated heterocycles. The molecule has 0 aliphatic carbocycles. The van der Waals surface area contributed by atoms with Crippen LogP contribution < -0.4 is 4.74 Å². The second-order valence-corrected chi connectivity index (χ2v) is 3.54. The number of fused-ring (bicyclic) bond motifs is 1. The number of hydrogen-bond acceptors (Lipinski definition) is 3. The van der Waals surface area contributed by atoms with Gasteiger partial charge in [-0.3, -0.25) is 0 Å². The van der Waals surface area contributed by atoms with Crippen molar-refractivity contribution in [3.63, 3.8) is 0 Å². The van der Waals surface area contributed by atoms with E-state index in [9.17, 15) is 0 Å². The van der Waals surface area contributed by atoms with E-state index in [0.717, 1.165) is 16.5 Å². The Morgan fingerprint density at radius 2 is 2.40 bits per heavy atom. The molecule has 3 nitrogen and oxygen atoms in total. The monoisotopic (exact) mass is 313 g/mol. The summed E-state index contributed by atoms with van der Waals surface area (Å²) in [5.41, 5.74) is 1.82. The Kier molecular flexibility index (Phi) is 3.11. The number of benzene rings is 1. The SMILES string of the molecule is Cc1cccc2c(OCC#CI)noc12. The number of ether oxygens (including phenoxy) is 1. The molecule has 1 aromatic carbocycles. The van der Waals surface area contributed by atoms with Gasteiger partial charge < -0.3 is 9.26 Å². The van der Waals surface area contributed by atoms with E-state index in [2.05, 4.69) is 15.0 Å². The minimum absolute atomic E-state index is 0.332. The summed E-state index contributed by atoms with van der Waals surface area (Å²) in [6.45, 7) is 2.31. The lowest BCUT2D eigenvalue weighted by Crippen LogP contribution is -1.93. The Labute approximate surface area is 101 Å². The smallest absolute Gasteiger partial charge is 0.263 e. The van der Waals surface area contributed by atoms with Gasteiger partial charge in [0.15, 0.2) is 12.2 Å². The summed E-state index contributed by atoms with van der Waals surface area (Å²) in [4.78, 5) is 0. The van der Waals surface area contributed by atoms with Gasteiger partial charge in [-0.1, -0.05) is 18.1 Å². The molecule has 0 fully saturated rings. The molecule has 4 heteroatoms. The topological polar surface area (TPSA) is 35.3 Å². The summed E-state index contributed by atoms with van der Waals surface area (Å²) in [5.74, 6) is 3.31. The van der Waals surface area contributed by atoms with E-state index in [1.54, 1.807) is 0 Å². The molecule has 2 rings (SSSR count). The fraction of sp³-hybridized carbons (Fsp3) is 0.182. The van der Waals surface area contributed by atoms with Gasteiger partial charge in [-0.15, -0.1) is 0 Å². The molecule has 0 aliphatic rings. The Hall–Kier alpha value is -1.22. The lowest BCUT2D eigenvalue weighted by atomic mass is 10.2. The van der Waals surface area contributed by atoms with E-state index >= 15 is 0 Å². The van der Waals surface area contributed by atoms with Crippen molar-refractivity contribution in [3.05, 3.63) is 23.8 Å². The van der Waals surface area contributed by atoms with E-state index in [0.29, 0.717) is 12.5 Å². The number of aromatic nitrogens is 1. The minimum Gasteiger partial charge on any atom is -0.462 e. The largest absolute Gasteiger partial charge is 0.462 e. The first-order chi connectivity index (χ1) is 7.33. The lowest BCUT2D eigenvalue weighted by Gasteiger charge is -1.95. The lowest BCUT2D eigenvalue weighted by molar-refractivity contribution is 0.322. The van der Waals surface area contributed by atoms with E-state index in [1.807, 2.05) is 47.7 Å². The Balaban J connectivity index is 2.35. The molecule has 0 radical (unpaired) electrons. The quantitative estimate of drug-likeness (QED) is 0.632. The van der Waals surface area contributed by atoms with Crippen molar-refractivity contribution >= 4 is 33.6 Å². The van der Waals surface area contributed by atoms with Crippen LogP contribution in [-0.2, 0) is 0 Å². The third-order valence-electron chi connectivity index (χ3n) is 2.01. The van der Waals surface area contributed by atoms with Crippen LogP contribution in [0.4, 0.5) is 0 Å². The van der Waals surface area contributed by atoms with Crippen LogP contribution in [0.25, 0.3) is 11.0 Å². The predicted octanol–water partition coefficient (Wildman–Crippen LogP) is 2.91. The highest BCUT2D eigenvalue weighted by Crippen LogP contribution is 2.26. The van der Waals surface area contributed by atoms with E-state index in [-0.39, 0.29) is 0 Å². The maximum absolute atomic E-state index is 5.37. The zero-order chi connectivity index (χ0) is 10.7. The Morgan fingerprint density at radius 1 is 1.53 bits per heavy atom. The van der Waals surface area contributed by atoms with Crippen LogP contribution in [0.2, 0.25) is 0 Å². The van der Waals surface area contributed by atoms with Crippen molar-refractivity contribution in [1.29, 1.82) is 0 Å². The maximum atomic E-state index is 5.37. The zero-order valence-corrected chi connectivity index (χ0v) is 10.2. The predicted molar refractivity (Wildman–Crippen MR) is 66.0 cm³/mol. The van der Waals surface area contributed by atoms with Crippen molar-refractivity contribution < 1.29 is 9.26 Å². The number of aryl methyl sites for hydroxylation is 1. The molecule has 0 N–H and O–H groups in total. The highest BCUT2D eigenvalue weighted by molar-refractivity contribution is 14.1. The second-order valence-electron chi connectivity index (χ2n) is 3.00. The zero-order valence-electron chi connectivity index (χ0n) is 8.08. The molecule has 76 valence electrons. The average Bonchev–Trinajstić information content (AvgIpc) is 2.64. The molecule has 0 amide bonds. The highest BCUT2D eigenvalue weighted by atomic mass is 127. The van der Waals surface area contributed by atoms with Crippen LogP contribution in [0.5, 0.6) is 5.88 Å². The molecule has 1 aromatic heterocycles. The second kappa shape index (κ2) is 4.53. The minimum atomic E-state index is 0.332. The molecule has 0 atom stereocenters. The van der Waals surface area contributed by atoms with Crippen molar-refractivity contribution in [3.8, 4) is 15.7 Å². The van der Waals surface area contributed by atoms with Gasteiger partial charge >= 0.3 is 0 Å². The fourth-order valence-electron chi connectivity index (χ4n) is 1.31. The molecule has 0 unspecified atom stereocenters. The van der Waals surface area contributed by atoms with Crippen molar-refractivity contribution in [2.45, 2.75) is 6.92 Å². The summed E-state index contributed by atoms with van der Waals surface area (Å²) in [6.07, 6.45) is 0. The standard InChI is InChI=1S/C11H8INO2/c1-8-4-2-5-9-10(8)15-13-11(9)14-7-3-6-12/h2,4-5H,7H2,1H3. The van der Waals surface area contributed by atoms with Crippen molar-refractivity contribution in [1.82, 2.24) is 5.16 Å². The van der Waals surface area contributed by atoms with Gasteiger partial charge in [-0.2, -0.15) is 0 Å². The van der Waals surface area contributed by atoms with Crippen LogP contribution in [0, 0.1) is 16.8 Å². The Morgan fingerprint density at radius 3 is 3.20 bits per heavy atom. The number of halogens is 1. The molecule has 0 spiro atoms. The van der Waals surface area contributed by atoms with Crippen LogP contribution in [0.1, 0.15) is 5.56 Å². The van der Waals surface area contributed by atoms with Crippen LogP contribution >= 0.6 is 22.6 Å². The summed E-state index contributed by atoms with van der Waals surface area (Å²) in [5, 5.41) is 4.75. The van der Waals surface area contributed by atoms with Gasteiger partial charge in [0.25, 0.3) is 5.88 Å². The van der Waals surface area contributed by atoms with E-state index < -0.39 is 0 Å². The first kappa shape index (κ1) is 10.3. The number of para-hydroxylation sites is 1. The first-order valence-electron chi connectivity index (χ1n) is 4.39. The summed E-state index contributed by atoms with van der Waals surface area (Å²) in [6, 6.07) is 5.85. The maximum Gasteiger partial charge on any atom is 0.263 e. The highest BCUT2D eigenvalue weighted by Gasteiger charge is 2.09. The number of hydrogen-bond donors (Lipinski definition) is 0. The van der Waals surface area contributed by atoms with Gasteiger partial charge in [0.05, 0.1) is 5.39 Å². The van der Waals surface area contributed by atoms with E-state index in [4.69, 9.17) is 9.26 Å². The van der Waals surface area contributed by atoms with Gasteiger partial charge in [0.2, 0.25) is 0 Å². The fourth-order valence-corrected chi connectivity index (χ4v) is 1.47. The summed E-state index contributed by atoms with van der Waals surface area (Å²) >= 11 is 1.97. The molecule has 2 aromatic rings. The van der Waals surface area contributed by atoms with Gasteiger partial charge in [-0.25, -0.2) is 0 Å². The third kappa shape index (κ3) is 2.07. The molecule has 0 aliphatic heterocycles. The average molecular weight is 313 g/mol. The summed E-state index contributed by atoms with van der Waals surface area (Å²) in [7, 11) is 0. The van der Waals surface area contributed by atoms with Crippen LogP contribution in [-0.4, -0.2) is 11.8 Å². The van der Waals surface area contributed by atoms with Crippen molar-refractivity contribution in [2.24, 2.45) is 0 Å². The molecule has 0 saturated carbocycles. The van der Waals surface area contributed by atoms with Crippen LogP contribution in [0.15, 0.2) is 22.7 Å². The van der Waals surface area contributed by atoms with Gasteiger partial charge in [0.1, 0.15) is 0 Å². The molecule has 0 bridgehead atoms. The molecular weight excluding hydrogens is 305 g/mol. The normalized spacial score (nSPS) is 9.73. The molecular formula is C11H8INO2. The molecule has 15 heavy (non-hydrogen) atoms. The Bertz CT molecular complexity index is 536. The van der Waals surface area contributed by atoms with Crippen molar-refractivity contribution in [2.75, 3.05) is 6.61 Å². The molecule has 1 heterocycles. The number of nitrogens with zero attached hydrogens (tertiary/aromatic N) is 1. The van der Waals surface area contributed by atoms with Gasteiger partial charge in [-0.05, 0) is 27.6 Å². The van der Waals surface area contributed by atoms with Gasteiger partial charge in [0, 0.05) is 22.6 Å². The third-order valence-corrected chi connectivity index (χ3v) is 2.39. The van der Waals surface area contributed by atoms with E-state index in [1.165, 1.54) is 0 Å². The number of rotatable bonds is 2.